The van der Waals surface area contributed by atoms with E-state index in [0.29, 0.717) is 5.69 Å². The van der Waals surface area contributed by atoms with E-state index >= 15 is 0 Å². The highest BCUT2D eigenvalue weighted by molar-refractivity contribution is 5.93. The Morgan fingerprint density at radius 3 is 2.42 bits per heavy atom. The minimum absolute atomic E-state index is 0.552. The second kappa shape index (κ2) is 5.60. The second-order valence-electron chi connectivity index (χ2n) is 4.95. The molecule has 6 nitrogen and oxygen atoms in total. The number of carbonyl (C=O) groups excluding carboxylic acids is 1. The Kier molecular flexibility index (Phi) is 4.37. The fourth-order valence-electron chi connectivity index (χ4n) is 1.36. The van der Waals surface area contributed by atoms with E-state index in [2.05, 4.69) is 10.6 Å². The quantitative estimate of drug-likeness (QED) is 0.774. The maximum atomic E-state index is 11.7. The van der Waals surface area contributed by atoms with Crippen LogP contribution in [0, 0.1) is 0 Å². The Balaban J connectivity index is 2.72. The number of rotatable bonds is 4. The van der Waals surface area contributed by atoms with Crippen molar-refractivity contribution in [2.75, 3.05) is 24.3 Å². The zero-order chi connectivity index (χ0) is 14.6. The van der Waals surface area contributed by atoms with Gasteiger partial charge in [-0.2, -0.15) is 0 Å². The summed E-state index contributed by atoms with van der Waals surface area (Å²) in [5, 5.41) is 13.9. The summed E-state index contributed by atoms with van der Waals surface area (Å²) in [6.45, 7) is 2.84. The predicted molar refractivity (Wildman–Crippen MR) is 74.6 cm³/mol. The third kappa shape index (κ3) is 4.17. The van der Waals surface area contributed by atoms with Crippen LogP contribution in [0.2, 0.25) is 0 Å². The minimum atomic E-state index is -1.32. The number of aliphatic carboxylic acids is 1. The molecule has 1 aromatic carbocycles. The highest BCUT2D eigenvalue weighted by Gasteiger charge is 2.28. The Morgan fingerprint density at radius 1 is 1.26 bits per heavy atom. The van der Waals surface area contributed by atoms with E-state index in [1.165, 1.54) is 13.8 Å². The SMILES string of the molecule is CN(C)c1cccc(NC(=O)NC(C)(C)C(=O)O)c1. The van der Waals surface area contributed by atoms with Crippen molar-refractivity contribution in [1.29, 1.82) is 0 Å². The van der Waals surface area contributed by atoms with E-state index in [1.54, 1.807) is 12.1 Å². The zero-order valence-electron chi connectivity index (χ0n) is 11.5. The van der Waals surface area contributed by atoms with Crippen LogP contribution in [0.15, 0.2) is 24.3 Å². The molecule has 104 valence electrons. The number of anilines is 2. The van der Waals surface area contributed by atoms with Crippen LogP contribution in [0.1, 0.15) is 13.8 Å². The first kappa shape index (κ1) is 14.8. The van der Waals surface area contributed by atoms with Gasteiger partial charge in [-0.1, -0.05) is 6.07 Å². The number of carboxylic acids is 1. The summed E-state index contributed by atoms with van der Waals surface area (Å²) >= 11 is 0. The van der Waals surface area contributed by atoms with Crippen molar-refractivity contribution >= 4 is 23.4 Å². The van der Waals surface area contributed by atoms with E-state index < -0.39 is 17.5 Å². The first-order valence-corrected chi connectivity index (χ1v) is 5.82. The van der Waals surface area contributed by atoms with Crippen molar-refractivity contribution < 1.29 is 14.7 Å². The van der Waals surface area contributed by atoms with Gasteiger partial charge in [0.1, 0.15) is 5.54 Å². The minimum Gasteiger partial charge on any atom is -0.480 e. The zero-order valence-corrected chi connectivity index (χ0v) is 11.5. The van der Waals surface area contributed by atoms with Gasteiger partial charge in [0.05, 0.1) is 0 Å². The largest absolute Gasteiger partial charge is 0.480 e. The van der Waals surface area contributed by atoms with Gasteiger partial charge in [-0.3, -0.25) is 0 Å². The standard InChI is InChI=1S/C13H19N3O3/c1-13(2,11(17)18)15-12(19)14-9-6-5-7-10(8-9)16(3)4/h5-8H,1-4H3,(H,17,18)(H2,14,15,19). The summed E-state index contributed by atoms with van der Waals surface area (Å²) in [4.78, 5) is 24.5. The van der Waals surface area contributed by atoms with Crippen LogP contribution < -0.4 is 15.5 Å². The smallest absolute Gasteiger partial charge is 0.328 e. The van der Waals surface area contributed by atoms with Gasteiger partial charge in [-0.25, -0.2) is 9.59 Å². The summed E-state index contributed by atoms with van der Waals surface area (Å²) in [6.07, 6.45) is 0. The van der Waals surface area contributed by atoms with Gasteiger partial charge >= 0.3 is 12.0 Å². The fraction of sp³-hybridized carbons (Fsp3) is 0.385. The molecule has 0 fully saturated rings. The normalized spacial score (nSPS) is 10.7. The highest BCUT2D eigenvalue weighted by atomic mass is 16.4. The molecule has 0 atom stereocenters. The third-order valence-electron chi connectivity index (χ3n) is 2.58. The van der Waals surface area contributed by atoms with E-state index in [0.717, 1.165) is 5.69 Å². The number of urea groups is 1. The topological polar surface area (TPSA) is 81.7 Å². The van der Waals surface area contributed by atoms with Gasteiger partial charge in [0, 0.05) is 25.5 Å². The lowest BCUT2D eigenvalue weighted by Gasteiger charge is -2.21. The van der Waals surface area contributed by atoms with Gasteiger partial charge in [-0.05, 0) is 32.0 Å². The van der Waals surface area contributed by atoms with Crippen molar-refractivity contribution in [3.63, 3.8) is 0 Å². The van der Waals surface area contributed by atoms with Gasteiger partial charge in [0.15, 0.2) is 0 Å². The van der Waals surface area contributed by atoms with Crippen LogP contribution in [0.25, 0.3) is 0 Å². The van der Waals surface area contributed by atoms with Crippen molar-refractivity contribution in [2.24, 2.45) is 0 Å². The summed E-state index contributed by atoms with van der Waals surface area (Å²) in [6, 6.07) is 6.70. The molecule has 0 bridgehead atoms. The number of benzene rings is 1. The number of carbonyl (C=O) groups is 2. The Hall–Kier alpha value is -2.24. The first-order chi connectivity index (χ1) is 8.72. The average molecular weight is 265 g/mol. The van der Waals surface area contributed by atoms with Crippen molar-refractivity contribution in [3.8, 4) is 0 Å². The van der Waals surface area contributed by atoms with Crippen LogP contribution in [0.3, 0.4) is 0 Å². The number of hydrogen-bond donors (Lipinski definition) is 3. The summed E-state index contributed by atoms with van der Waals surface area (Å²) in [5.74, 6) is -1.09. The first-order valence-electron chi connectivity index (χ1n) is 5.82. The van der Waals surface area contributed by atoms with Crippen molar-refractivity contribution in [1.82, 2.24) is 5.32 Å². The average Bonchev–Trinajstić information content (AvgIpc) is 2.28. The van der Waals surface area contributed by atoms with Crippen LogP contribution in [0.4, 0.5) is 16.2 Å². The lowest BCUT2D eigenvalue weighted by molar-refractivity contribution is -0.142. The van der Waals surface area contributed by atoms with Gasteiger partial charge in [-0.15, -0.1) is 0 Å². The number of hydrogen-bond acceptors (Lipinski definition) is 3. The summed E-state index contributed by atoms with van der Waals surface area (Å²) < 4.78 is 0. The third-order valence-corrected chi connectivity index (χ3v) is 2.58. The molecule has 0 unspecified atom stereocenters. The van der Waals surface area contributed by atoms with E-state index in [1.807, 2.05) is 31.1 Å². The maximum Gasteiger partial charge on any atom is 0.328 e. The summed E-state index contributed by atoms with van der Waals surface area (Å²) in [5.41, 5.74) is 0.226. The van der Waals surface area contributed by atoms with Crippen molar-refractivity contribution in [3.05, 3.63) is 24.3 Å². The molecule has 6 heteroatoms. The molecule has 3 N–H and O–H groups in total. The molecule has 0 heterocycles. The number of nitrogens with one attached hydrogen (secondary N) is 2. The van der Waals surface area contributed by atoms with Gasteiger partial charge in [0.25, 0.3) is 0 Å². The monoisotopic (exact) mass is 265 g/mol. The molecule has 0 radical (unpaired) electrons. The molecule has 0 aliphatic heterocycles. The number of amides is 2. The predicted octanol–water partition coefficient (Wildman–Crippen LogP) is 1.74. The van der Waals surface area contributed by atoms with Crippen molar-refractivity contribution in [2.45, 2.75) is 19.4 Å². The molecule has 0 aliphatic carbocycles. The second-order valence-corrected chi connectivity index (χ2v) is 4.95. The molecular formula is C13H19N3O3. The molecule has 0 saturated heterocycles. The Labute approximate surface area is 112 Å². The Morgan fingerprint density at radius 2 is 1.89 bits per heavy atom. The lowest BCUT2D eigenvalue weighted by atomic mass is 10.1. The molecule has 0 aromatic heterocycles. The lowest BCUT2D eigenvalue weighted by Crippen LogP contribution is -2.51. The van der Waals surface area contributed by atoms with Gasteiger partial charge in [0.2, 0.25) is 0 Å². The van der Waals surface area contributed by atoms with Crippen LogP contribution in [0.5, 0.6) is 0 Å². The molecule has 1 rings (SSSR count). The maximum absolute atomic E-state index is 11.7. The van der Waals surface area contributed by atoms with E-state index in [4.69, 9.17) is 5.11 Å². The summed E-state index contributed by atoms with van der Waals surface area (Å²) in [7, 11) is 3.79. The molecule has 0 saturated carbocycles. The number of carboxylic acid groups (broad SMARTS) is 1. The molecule has 0 aliphatic rings. The molecule has 0 spiro atoms. The highest BCUT2D eigenvalue weighted by Crippen LogP contribution is 2.17. The molecule has 1 aromatic rings. The molecule has 2 amide bonds. The molecular weight excluding hydrogens is 246 g/mol. The van der Waals surface area contributed by atoms with Gasteiger partial charge < -0.3 is 20.6 Å². The number of nitrogens with zero attached hydrogens (tertiary/aromatic N) is 1. The van der Waals surface area contributed by atoms with E-state index in [-0.39, 0.29) is 0 Å². The van der Waals surface area contributed by atoms with Crippen LogP contribution in [-0.2, 0) is 4.79 Å². The van der Waals surface area contributed by atoms with E-state index in [9.17, 15) is 9.59 Å². The van der Waals surface area contributed by atoms with Crippen LogP contribution in [-0.4, -0.2) is 36.7 Å². The Bertz CT molecular complexity index is 484. The van der Waals surface area contributed by atoms with Crippen LogP contribution >= 0.6 is 0 Å². The fourth-order valence-corrected chi connectivity index (χ4v) is 1.36. The molecule has 19 heavy (non-hydrogen) atoms.